The van der Waals surface area contributed by atoms with Crippen molar-refractivity contribution in [2.75, 3.05) is 11.9 Å². The van der Waals surface area contributed by atoms with Crippen LogP contribution in [0.15, 0.2) is 48.5 Å². The van der Waals surface area contributed by atoms with Crippen LogP contribution < -0.4 is 5.32 Å². The Morgan fingerprint density at radius 2 is 1.50 bits per heavy atom. The zero-order chi connectivity index (χ0) is 12.8. The summed E-state index contributed by atoms with van der Waals surface area (Å²) >= 11 is 0. The van der Waals surface area contributed by atoms with Crippen LogP contribution in [0.2, 0.25) is 0 Å². The van der Waals surface area contributed by atoms with Gasteiger partial charge in [0.1, 0.15) is 5.82 Å². The normalized spacial score (nSPS) is 10.3. The molecule has 18 heavy (non-hydrogen) atoms. The minimum Gasteiger partial charge on any atom is -0.396 e. The molecule has 0 amide bonds. The van der Waals surface area contributed by atoms with Gasteiger partial charge in [-0.1, -0.05) is 24.3 Å². The van der Waals surface area contributed by atoms with Crippen molar-refractivity contribution in [2.24, 2.45) is 0 Å². The van der Waals surface area contributed by atoms with Crippen LogP contribution >= 0.6 is 0 Å². The number of hydrogen-bond donors (Lipinski definition) is 2. The molecule has 0 atom stereocenters. The number of nitrogens with one attached hydrogen (secondary N) is 1. The van der Waals surface area contributed by atoms with Crippen molar-refractivity contribution >= 4 is 5.69 Å². The van der Waals surface area contributed by atoms with Gasteiger partial charge in [0.2, 0.25) is 0 Å². The molecule has 3 heteroatoms. The molecule has 94 valence electrons. The molecule has 0 aliphatic rings. The van der Waals surface area contributed by atoms with Crippen molar-refractivity contribution in [3.05, 3.63) is 65.5 Å². The van der Waals surface area contributed by atoms with E-state index >= 15 is 0 Å². The zero-order valence-electron chi connectivity index (χ0n) is 10.1. The van der Waals surface area contributed by atoms with Crippen LogP contribution in [-0.4, -0.2) is 11.7 Å². The number of hydrogen-bond acceptors (Lipinski definition) is 2. The lowest BCUT2D eigenvalue weighted by atomic mass is 10.1. The molecular formula is C15H16FNO. The average Bonchev–Trinajstić information content (AvgIpc) is 2.40. The largest absolute Gasteiger partial charge is 0.396 e. The van der Waals surface area contributed by atoms with E-state index in [1.165, 1.54) is 12.1 Å². The van der Waals surface area contributed by atoms with Gasteiger partial charge in [-0.2, -0.15) is 0 Å². The van der Waals surface area contributed by atoms with Crippen LogP contribution in [0.4, 0.5) is 10.1 Å². The molecule has 0 aliphatic heterocycles. The maximum Gasteiger partial charge on any atom is 0.123 e. The fraction of sp³-hybridized carbons (Fsp3) is 0.200. The van der Waals surface area contributed by atoms with Gasteiger partial charge in [0, 0.05) is 18.8 Å². The van der Waals surface area contributed by atoms with Crippen LogP contribution in [0.3, 0.4) is 0 Å². The summed E-state index contributed by atoms with van der Waals surface area (Å²) in [6.07, 6.45) is 0.679. The number of halogens is 1. The first-order valence-electron chi connectivity index (χ1n) is 5.96. The molecule has 0 unspecified atom stereocenters. The van der Waals surface area contributed by atoms with Crippen LogP contribution in [0, 0.1) is 5.82 Å². The minimum absolute atomic E-state index is 0.169. The molecule has 0 bridgehead atoms. The Balaban J connectivity index is 1.91. The molecule has 2 rings (SSSR count). The van der Waals surface area contributed by atoms with Gasteiger partial charge in [-0.3, -0.25) is 0 Å². The van der Waals surface area contributed by atoms with E-state index in [1.807, 2.05) is 24.3 Å². The minimum atomic E-state index is -0.216. The SMILES string of the molecule is OCCc1ccc(NCc2ccc(F)cc2)cc1. The first-order valence-corrected chi connectivity index (χ1v) is 5.96. The van der Waals surface area contributed by atoms with E-state index in [2.05, 4.69) is 5.32 Å². The third-order valence-electron chi connectivity index (χ3n) is 2.76. The quantitative estimate of drug-likeness (QED) is 0.848. The Labute approximate surface area is 106 Å². The van der Waals surface area contributed by atoms with Crippen molar-refractivity contribution in [1.82, 2.24) is 0 Å². The van der Waals surface area contributed by atoms with Crippen molar-refractivity contribution in [2.45, 2.75) is 13.0 Å². The monoisotopic (exact) mass is 245 g/mol. The van der Waals surface area contributed by atoms with Crippen molar-refractivity contribution in [3.63, 3.8) is 0 Å². The van der Waals surface area contributed by atoms with E-state index in [-0.39, 0.29) is 12.4 Å². The van der Waals surface area contributed by atoms with E-state index in [4.69, 9.17) is 5.11 Å². The fourth-order valence-electron chi connectivity index (χ4n) is 1.72. The molecule has 0 heterocycles. The summed E-state index contributed by atoms with van der Waals surface area (Å²) in [4.78, 5) is 0. The highest BCUT2D eigenvalue weighted by molar-refractivity contribution is 5.45. The summed E-state index contributed by atoms with van der Waals surface area (Å²) < 4.78 is 12.7. The molecule has 0 aromatic heterocycles. The summed E-state index contributed by atoms with van der Waals surface area (Å²) in [5.41, 5.74) is 3.17. The Kier molecular flexibility index (Phi) is 4.31. The Morgan fingerprint density at radius 1 is 0.889 bits per heavy atom. The number of benzene rings is 2. The first kappa shape index (κ1) is 12.6. The molecule has 2 aromatic rings. The third kappa shape index (κ3) is 3.57. The lowest BCUT2D eigenvalue weighted by molar-refractivity contribution is 0.299. The van der Waals surface area contributed by atoms with E-state index in [0.717, 1.165) is 16.8 Å². The molecule has 0 aliphatic carbocycles. The maximum absolute atomic E-state index is 12.7. The van der Waals surface area contributed by atoms with Gasteiger partial charge < -0.3 is 10.4 Å². The molecule has 2 nitrogen and oxygen atoms in total. The molecule has 0 saturated carbocycles. The lowest BCUT2D eigenvalue weighted by Gasteiger charge is -2.07. The summed E-state index contributed by atoms with van der Waals surface area (Å²) in [6, 6.07) is 14.4. The molecule has 2 N–H and O–H groups in total. The number of aliphatic hydroxyl groups excluding tert-OH is 1. The van der Waals surface area contributed by atoms with Gasteiger partial charge in [-0.25, -0.2) is 4.39 Å². The van der Waals surface area contributed by atoms with Crippen LogP contribution in [0.25, 0.3) is 0 Å². The highest BCUT2D eigenvalue weighted by Crippen LogP contribution is 2.12. The standard InChI is InChI=1S/C15H16FNO/c16-14-5-1-13(2-6-14)11-17-15-7-3-12(4-8-15)9-10-18/h1-8,17-18H,9-11H2. The fourth-order valence-corrected chi connectivity index (χ4v) is 1.72. The molecular weight excluding hydrogens is 229 g/mol. The van der Waals surface area contributed by atoms with Crippen LogP contribution in [0.1, 0.15) is 11.1 Å². The summed E-state index contributed by atoms with van der Waals surface area (Å²) in [6.45, 7) is 0.835. The van der Waals surface area contributed by atoms with Gasteiger partial charge in [0.25, 0.3) is 0 Å². The highest BCUT2D eigenvalue weighted by Gasteiger charge is 1.96. The third-order valence-corrected chi connectivity index (χ3v) is 2.76. The number of anilines is 1. The summed E-state index contributed by atoms with van der Waals surface area (Å²) in [5.74, 6) is -0.216. The van der Waals surface area contributed by atoms with E-state index in [9.17, 15) is 4.39 Å². The Hall–Kier alpha value is -1.87. The predicted molar refractivity (Wildman–Crippen MR) is 71.0 cm³/mol. The molecule has 2 aromatic carbocycles. The molecule has 0 fully saturated rings. The zero-order valence-corrected chi connectivity index (χ0v) is 10.1. The summed E-state index contributed by atoms with van der Waals surface area (Å²) in [7, 11) is 0. The highest BCUT2D eigenvalue weighted by atomic mass is 19.1. The van der Waals surface area contributed by atoms with Gasteiger partial charge in [0.15, 0.2) is 0 Å². The van der Waals surface area contributed by atoms with Gasteiger partial charge in [-0.05, 0) is 41.8 Å². The molecule has 0 radical (unpaired) electrons. The van der Waals surface area contributed by atoms with E-state index < -0.39 is 0 Å². The second-order valence-electron chi connectivity index (χ2n) is 4.15. The van der Waals surface area contributed by atoms with E-state index in [0.29, 0.717) is 13.0 Å². The predicted octanol–water partition coefficient (Wildman–Crippen LogP) is 2.97. The topological polar surface area (TPSA) is 32.3 Å². The second kappa shape index (κ2) is 6.17. The molecule has 0 saturated heterocycles. The molecule has 0 spiro atoms. The van der Waals surface area contributed by atoms with E-state index in [1.54, 1.807) is 12.1 Å². The maximum atomic E-state index is 12.7. The first-order chi connectivity index (χ1) is 8.78. The van der Waals surface area contributed by atoms with Gasteiger partial charge >= 0.3 is 0 Å². The van der Waals surface area contributed by atoms with Crippen LogP contribution in [-0.2, 0) is 13.0 Å². The summed E-state index contributed by atoms with van der Waals surface area (Å²) in [5, 5.41) is 12.1. The van der Waals surface area contributed by atoms with Crippen LogP contribution in [0.5, 0.6) is 0 Å². The van der Waals surface area contributed by atoms with Gasteiger partial charge in [0.05, 0.1) is 0 Å². The Bertz CT molecular complexity index is 479. The van der Waals surface area contributed by atoms with Gasteiger partial charge in [-0.15, -0.1) is 0 Å². The van der Waals surface area contributed by atoms with Crippen molar-refractivity contribution in [1.29, 1.82) is 0 Å². The van der Waals surface area contributed by atoms with Crippen molar-refractivity contribution in [3.8, 4) is 0 Å². The average molecular weight is 245 g/mol. The number of aliphatic hydroxyl groups is 1. The number of rotatable bonds is 5. The second-order valence-corrected chi connectivity index (χ2v) is 4.15. The Morgan fingerprint density at radius 3 is 2.11 bits per heavy atom. The smallest absolute Gasteiger partial charge is 0.123 e. The van der Waals surface area contributed by atoms with Crippen molar-refractivity contribution < 1.29 is 9.50 Å². The lowest BCUT2D eigenvalue weighted by Crippen LogP contribution is -1.99.